The molecule has 0 bridgehead atoms. The lowest BCUT2D eigenvalue weighted by molar-refractivity contribution is -0.143. The third-order valence-corrected chi connectivity index (χ3v) is 10.6. The molecule has 1 aliphatic heterocycles. The maximum Gasteiger partial charge on any atom is 0.339 e. The Kier molecular flexibility index (Phi) is 16.8. The molecular formula is C42H52F4N6O11. The maximum absolute atomic E-state index is 15.1. The molecule has 4 rings (SSSR count). The first-order valence-corrected chi connectivity index (χ1v) is 20.3. The number of rotatable bonds is 18. The number of hydrogen-bond donors (Lipinski definition) is 6. The van der Waals surface area contributed by atoms with Crippen molar-refractivity contribution in [2.45, 2.75) is 115 Å². The van der Waals surface area contributed by atoms with Crippen LogP contribution >= 0.6 is 0 Å². The van der Waals surface area contributed by atoms with Crippen molar-refractivity contribution in [2.24, 2.45) is 11.7 Å². The SMILES string of the molecule is CCCC(NC(=O)C1CC(OC(C)(C)C)CN1C(=O)C(NC(=O)c1c(F)c(F)c(F)c(F)c1C(=O)O)C1CCCCC1)C(=O)C(=O)NCC(=O)NC(C(N)=O)c1cccc(OC)c1. The van der Waals surface area contributed by atoms with Gasteiger partial charge in [0.1, 0.15) is 29.4 Å². The van der Waals surface area contributed by atoms with Gasteiger partial charge in [0.25, 0.3) is 11.8 Å². The van der Waals surface area contributed by atoms with Gasteiger partial charge in [-0.1, -0.05) is 44.7 Å². The van der Waals surface area contributed by atoms with Crippen LogP contribution in [0.5, 0.6) is 5.75 Å². The number of carboxylic acids is 1. The molecular weight excluding hydrogens is 840 g/mol. The number of nitrogens with zero attached hydrogens (tertiary/aromatic N) is 1. The molecule has 21 heteroatoms. The third-order valence-electron chi connectivity index (χ3n) is 10.6. The number of Topliss-reactive ketones (excluding diaryl/α,β-unsaturated/α-hetero) is 1. The van der Waals surface area contributed by atoms with E-state index in [1.54, 1.807) is 39.8 Å². The zero-order valence-electron chi connectivity index (χ0n) is 35.4. The standard InChI is InChI=1S/C42H52F4N6O11/c1-6-11-24(35(54)39(58)48-18-26(53)50-33(36(47)55)21-14-10-15-22(16-21)62-5)49-37(56)25-17-23(63-42(2,3)4)19-52(25)40(59)34(20-12-8-7-9-13-20)51-38(57)27-28(41(60)61)30(44)32(46)31(45)29(27)43/h10,14-16,20,23-25,33-34H,6-9,11-13,17-19H2,1-5H3,(H2,47,55)(H,48,58)(H,49,56)(H,50,53)(H,51,57)(H,60,61). The van der Waals surface area contributed by atoms with Gasteiger partial charge < -0.3 is 46.5 Å². The van der Waals surface area contributed by atoms with E-state index in [4.69, 9.17) is 15.2 Å². The highest BCUT2D eigenvalue weighted by molar-refractivity contribution is 6.38. The smallest absolute Gasteiger partial charge is 0.339 e. The van der Waals surface area contributed by atoms with Gasteiger partial charge in [0.15, 0.2) is 23.3 Å². The monoisotopic (exact) mass is 892 g/mol. The van der Waals surface area contributed by atoms with Crippen LogP contribution in [0.15, 0.2) is 24.3 Å². The van der Waals surface area contributed by atoms with Crippen molar-refractivity contribution in [2.75, 3.05) is 20.2 Å². The fourth-order valence-corrected chi connectivity index (χ4v) is 7.74. The first-order chi connectivity index (χ1) is 29.6. The fraction of sp³-hybridized carbons (Fsp3) is 0.524. The Morgan fingerprint density at radius 3 is 2.11 bits per heavy atom. The van der Waals surface area contributed by atoms with Gasteiger partial charge in [-0.3, -0.25) is 33.6 Å². The lowest BCUT2D eigenvalue weighted by Crippen LogP contribution is -2.58. The zero-order chi connectivity index (χ0) is 46.9. The van der Waals surface area contributed by atoms with Gasteiger partial charge >= 0.3 is 5.97 Å². The predicted molar refractivity (Wildman–Crippen MR) is 214 cm³/mol. The van der Waals surface area contributed by atoms with Gasteiger partial charge in [-0.25, -0.2) is 22.4 Å². The number of methoxy groups -OCH3 is 1. The fourth-order valence-electron chi connectivity index (χ4n) is 7.74. The summed E-state index contributed by atoms with van der Waals surface area (Å²) in [6, 6.07) is 0.308. The molecule has 7 N–H and O–H groups in total. The minimum absolute atomic E-state index is 0.0740. The van der Waals surface area contributed by atoms with Crippen LogP contribution < -0.4 is 31.7 Å². The van der Waals surface area contributed by atoms with Crippen LogP contribution in [0.25, 0.3) is 0 Å². The van der Waals surface area contributed by atoms with Crippen molar-refractivity contribution >= 4 is 47.2 Å². The summed E-state index contributed by atoms with van der Waals surface area (Å²) in [5, 5.41) is 18.8. The Morgan fingerprint density at radius 2 is 1.54 bits per heavy atom. The number of carbonyl (C=O) groups is 8. The first-order valence-electron chi connectivity index (χ1n) is 20.3. The highest BCUT2D eigenvalue weighted by Gasteiger charge is 2.47. The van der Waals surface area contributed by atoms with Gasteiger partial charge in [-0.05, 0) is 63.6 Å². The van der Waals surface area contributed by atoms with E-state index in [0.29, 0.717) is 31.4 Å². The topological polar surface area (TPSA) is 253 Å². The molecule has 17 nitrogen and oxygen atoms in total. The maximum atomic E-state index is 15.1. The number of primary amides is 1. The summed E-state index contributed by atoms with van der Waals surface area (Å²) in [5.41, 5.74) is 1.49. The van der Waals surface area contributed by atoms with Crippen molar-refractivity contribution in [1.82, 2.24) is 26.2 Å². The highest BCUT2D eigenvalue weighted by atomic mass is 19.2. The van der Waals surface area contributed by atoms with Crippen LogP contribution in [0.2, 0.25) is 0 Å². The van der Waals surface area contributed by atoms with Gasteiger partial charge in [-0.2, -0.15) is 0 Å². The molecule has 63 heavy (non-hydrogen) atoms. The van der Waals surface area contributed by atoms with Crippen molar-refractivity contribution in [3.05, 3.63) is 64.2 Å². The van der Waals surface area contributed by atoms with E-state index in [1.807, 2.05) is 0 Å². The van der Waals surface area contributed by atoms with Crippen LogP contribution in [0.1, 0.15) is 111 Å². The zero-order valence-corrected chi connectivity index (χ0v) is 35.4. The molecule has 1 saturated heterocycles. The van der Waals surface area contributed by atoms with E-state index >= 15 is 4.39 Å². The van der Waals surface area contributed by atoms with Crippen LogP contribution in [-0.4, -0.2) is 107 Å². The summed E-state index contributed by atoms with van der Waals surface area (Å²) in [7, 11) is 1.40. The summed E-state index contributed by atoms with van der Waals surface area (Å²) in [6.45, 7) is 5.78. The number of likely N-dealkylation sites (tertiary alicyclic amines) is 1. The molecule has 1 heterocycles. The van der Waals surface area contributed by atoms with E-state index in [-0.39, 0.29) is 31.4 Å². The minimum Gasteiger partial charge on any atom is -0.497 e. The molecule has 5 unspecified atom stereocenters. The van der Waals surface area contributed by atoms with Crippen molar-refractivity contribution in [3.63, 3.8) is 0 Å². The van der Waals surface area contributed by atoms with E-state index in [1.165, 1.54) is 19.2 Å². The molecule has 2 aromatic rings. The second-order valence-electron chi connectivity index (χ2n) is 16.3. The number of ether oxygens (including phenoxy) is 2. The van der Waals surface area contributed by atoms with E-state index in [0.717, 1.165) is 11.3 Å². The number of benzene rings is 2. The summed E-state index contributed by atoms with van der Waals surface area (Å²) >= 11 is 0. The van der Waals surface area contributed by atoms with E-state index < -0.39 is 130 Å². The van der Waals surface area contributed by atoms with Gasteiger partial charge in [0.05, 0.1) is 37.0 Å². The number of carboxylic acid groups (broad SMARTS) is 1. The Morgan fingerprint density at radius 1 is 0.905 bits per heavy atom. The number of nitrogens with one attached hydrogen (secondary N) is 4. The molecule has 2 fully saturated rings. The average Bonchev–Trinajstić information content (AvgIpc) is 3.66. The molecule has 0 radical (unpaired) electrons. The molecule has 1 aliphatic carbocycles. The number of nitrogens with two attached hydrogens (primary N) is 1. The summed E-state index contributed by atoms with van der Waals surface area (Å²) in [5.74, 6) is -20.0. The largest absolute Gasteiger partial charge is 0.497 e. The normalized spacial score (nSPS) is 18.1. The summed E-state index contributed by atoms with van der Waals surface area (Å²) in [6.07, 6.45) is 1.73. The number of carbonyl (C=O) groups excluding carboxylic acids is 7. The lowest BCUT2D eigenvalue weighted by Gasteiger charge is -2.35. The number of ketones is 1. The molecule has 0 spiro atoms. The van der Waals surface area contributed by atoms with Gasteiger partial charge in [0, 0.05) is 13.0 Å². The van der Waals surface area contributed by atoms with Crippen molar-refractivity contribution in [1.29, 1.82) is 0 Å². The third kappa shape index (κ3) is 12.3. The van der Waals surface area contributed by atoms with E-state index in [9.17, 15) is 56.6 Å². The van der Waals surface area contributed by atoms with Crippen LogP contribution in [-0.2, 0) is 33.5 Å². The lowest BCUT2D eigenvalue weighted by atomic mass is 9.83. The Balaban J connectivity index is 1.58. The number of hydrogen-bond acceptors (Lipinski definition) is 10. The summed E-state index contributed by atoms with van der Waals surface area (Å²) in [4.78, 5) is 107. The molecule has 1 saturated carbocycles. The molecule has 6 amide bonds. The van der Waals surface area contributed by atoms with Crippen molar-refractivity contribution < 1.29 is 70.5 Å². The predicted octanol–water partition coefficient (Wildman–Crippen LogP) is 2.73. The Labute approximate surface area is 360 Å². The second-order valence-corrected chi connectivity index (χ2v) is 16.3. The molecule has 344 valence electrons. The van der Waals surface area contributed by atoms with Crippen LogP contribution in [0, 0.1) is 29.2 Å². The molecule has 0 aromatic heterocycles. The molecule has 5 atom stereocenters. The number of halogens is 4. The second kappa shape index (κ2) is 21.3. The molecule has 2 aromatic carbocycles. The summed E-state index contributed by atoms with van der Waals surface area (Å²) < 4.78 is 69.5. The Hall–Kier alpha value is -6.12. The minimum atomic E-state index is -2.46. The van der Waals surface area contributed by atoms with Gasteiger partial charge in [-0.15, -0.1) is 0 Å². The number of aromatic carboxylic acids is 1. The average molecular weight is 893 g/mol. The van der Waals surface area contributed by atoms with Crippen molar-refractivity contribution in [3.8, 4) is 5.75 Å². The van der Waals surface area contributed by atoms with Crippen LogP contribution in [0.3, 0.4) is 0 Å². The van der Waals surface area contributed by atoms with E-state index in [2.05, 4.69) is 21.3 Å². The quantitative estimate of drug-likeness (QED) is 0.0549. The highest BCUT2D eigenvalue weighted by Crippen LogP contribution is 2.32. The number of amides is 6. The Bertz CT molecular complexity index is 2110. The van der Waals surface area contributed by atoms with Gasteiger partial charge in [0.2, 0.25) is 29.4 Å². The molecule has 2 aliphatic rings. The van der Waals surface area contributed by atoms with Crippen LogP contribution in [0.4, 0.5) is 17.6 Å². The first kappa shape index (κ1) is 49.5.